The summed E-state index contributed by atoms with van der Waals surface area (Å²) in [5, 5.41) is 8.11. The van der Waals surface area contributed by atoms with Gasteiger partial charge in [0.1, 0.15) is 0 Å². The van der Waals surface area contributed by atoms with E-state index in [0.717, 1.165) is 31.8 Å². The van der Waals surface area contributed by atoms with Gasteiger partial charge in [-0.1, -0.05) is 25.8 Å². The van der Waals surface area contributed by atoms with Crippen molar-refractivity contribution < 1.29 is 0 Å². The van der Waals surface area contributed by atoms with E-state index in [0.29, 0.717) is 6.04 Å². The highest BCUT2D eigenvalue weighted by molar-refractivity contribution is 5.64. The predicted octanol–water partition coefficient (Wildman–Crippen LogP) is 3.96. The normalized spacial score (nSPS) is 20.0. The molecule has 4 rings (SSSR count). The van der Waals surface area contributed by atoms with E-state index < -0.39 is 0 Å². The van der Waals surface area contributed by atoms with Crippen molar-refractivity contribution >= 4 is 11.4 Å². The van der Waals surface area contributed by atoms with Crippen molar-refractivity contribution in [2.75, 3.05) is 18.0 Å². The van der Waals surface area contributed by atoms with Crippen LogP contribution in [-0.4, -0.2) is 22.9 Å². The van der Waals surface area contributed by atoms with E-state index >= 15 is 0 Å². The Morgan fingerprint density at radius 3 is 2.88 bits per heavy atom. The molecule has 0 spiro atoms. The van der Waals surface area contributed by atoms with Crippen LogP contribution in [0.15, 0.2) is 30.6 Å². The molecule has 4 nitrogen and oxygen atoms in total. The Bertz CT molecular complexity index is 701. The summed E-state index contributed by atoms with van der Waals surface area (Å²) in [6.45, 7) is 4.37. The summed E-state index contributed by atoms with van der Waals surface area (Å²) in [6.07, 6.45) is 10.5. The largest absolute Gasteiger partial charge is 0.339 e. The molecule has 0 bridgehead atoms. The van der Waals surface area contributed by atoms with Crippen LogP contribution in [0.2, 0.25) is 0 Å². The summed E-state index contributed by atoms with van der Waals surface area (Å²) < 4.78 is 1.88. The van der Waals surface area contributed by atoms with Crippen LogP contribution in [0.5, 0.6) is 0 Å². The molecule has 2 aromatic rings. The number of aryl methyl sites for hydroxylation is 1. The summed E-state index contributed by atoms with van der Waals surface area (Å²) >= 11 is 0. The average molecular weight is 324 g/mol. The minimum atomic E-state index is 0.540. The van der Waals surface area contributed by atoms with Gasteiger partial charge in [-0.25, -0.2) is 0 Å². The van der Waals surface area contributed by atoms with Gasteiger partial charge in [-0.05, 0) is 55.0 Å². The molecular formula is C20H28N4. The summed E-state index contributed by atoms with van der Waals surface area (Å²) in [5.74, 6) is 0.946. The van der Waals surface area contributed by atoms with Crippen LogP contribution in [0.3, 0.4) is 0 Å². The molecule has 1 aliphatic carbocycles. The Morgan fingerprint density at radius 1 is 1.29 bits per heavy atom. The Morgan fingerprint density at radius 2 is 2.17 bits per heavy atom. The van der Waals surface area contributed by atoms with Crippen LogP contribution in [0.4, 0.5) is 11.4 Å². The molecule has 1 atom stereocenters. The van der Waals surface area contributed by atoms with Crippen LogP contribution in [0.1, 0.15) is 49.8 Å². The number of aromatic nitrogens is 2. The first-order chi connectivity index (χ1) is 11.7. The summed E-state index contributed by atoms with van der Waals surface area (Å²) in [6, 6.07) is 7.61. The molecule has 24 heavy (non-hydrogen) atoms. The van der Waals surface area contributed by atoms with Gasteiger partial charge in [-0.3, -0.25) is 4.68 Å². The van der Waals surface area contributed by atoms with Crippen LogP contribution in [0.25, 0.3) is 0 Å². The van der Waals surface area contributed by atoms with Gasteiger partial charge < -0.3 is 10.2 Å². The number of anilines is 2. The maximum absolute atomic E-state index is 4.36. The van der Waals surface area contributed by atoms with E-state index in [-0.39, 0.29) is 0 Å². The summed E-state index contributed by atoms with van der Waals surface area (Å²) in [4.78, 5) is 2.40. The van der Waals surface area contributed by atoms with Gasteiger partial charge in [0.2, 0.25) is 0 Å². The molecule has 1 N–H and O–H groups in total. The van der Waals surface area contributed by atoms with Gasteiger partial charge in [0.15, 0.2) is 0 Å². The molecule has 0 saturated heterocycles. The second-order valence-corrected chi connectivity index (χ2v) is 7.34. The molecule has 1 saturated carbocycles. The predicted molar refractivity (Wildman–Crippen MR) is 98.7 cm³/mol. The fourth-order valence-electron chi connectivity index (χ4n) is 3.87. The van der Waals surface area contributed by atoms with E-state index in [1.54, 1.807) is 0 Å². The fourth-order valence-corrected chi connectivity index (χ4v) is 3.87. The minimum Gasteiger partial charge on any atom is -0.339 e. The number of hydrogen-bond acceptors (Lipinski definition) is 3. The highest BCUT2D eigenvalue weighted by Gasteiger charge is 2.29. The van der Waals surface area contributed by atoms with Gasteiger partial charge in [-0.2, -0.15) is 5.10 Å². The number of benzene rings is 1. The number of nitrogens with zero attached hydrogens (tertiary/aromatic N) is 3. The number of hydrogen-bond donors (Lipinski definition) is 1. The first-order valence-corrected chi connectivity index (χ1v) is 9.37. The zero-order chi connectivity index (χ0) is 16.5. The van der Waals surface area contributed by atoms with Gasteiger partial charge in [0, 0.05) is 31.5 Å². The van der Waals surface area contributed by atoms with Crippen LogP contribution in [0, 0.1) is 5.92 Å². The highest BCUT2D eigenvalue weighted by Crippen LogP contribution is 2.40. The maximum Gasteiger partial charge on any atom is 0.0796 e. The highest BCUT2D eigenvalue weighted by atomic mass is 15.3. The summed E-state index contributed by atoms with van der Waals surface area (Å²) in [7, 11) is 1.98. The van der Waals surface area contributed by atoms with Crippen molar-refractivity contribution in [2.45, 2.75) is 45.1 Å². The number of nitrogens with one attached hydrogen (secondary N) is 1. The molecule has 4 heteroatoms. The van der Waals surface area contributed by atoms with Crippen LogP contribution < -0.4 is 10.2 Å². The minimum absolute atomic E-state index is 0.540. The molecule has 1 aromatic heterocycles. The second-order valence-electron chi connectivity index (χ2n) is 7.34. The van der Waals surface area contributed by atoms with Crippen molar-refractivity contribution in [3.63, 3.8) is 0 Å². The standard InChI is InChI=1S/C20H28N4/c1-3-10-24(18-13-22-23(2)14-18)17-7-6-16-8-9-21-20(19(16)12-17)11-15-4-5-15/h6-7,12-15,20-21H,3-5,8-11H2,1-2H3. The van der Waals surface area contributed by atoms with Crippen molar-refractivity contribution in [2.24, 2.45) is 13.0 Å². The first kappa shape index (κ1) is 15.7. The fraction of sp³-hybridized carbons (Fsp3) is 0.550. The lowest BCUT2D eigenvalue weighted by atomic mass is 9.90. The Labute approximate surface area is 144 Å². The van der Waals surface area contributed by atoms with E-state index in [2.05, 4.69) is 46.6 Å². The van der Waals surface area contributed by atoms with E-state index in [1.165, 1.54) is 41.8 Å². The number of rotatable bonds is 6. The van der Waals surface area contributed by atoms with Gasteiger partial charge in [0.25, 0.3) is 0 Å². The quantitative estimate of drug-likeness (QED) is 0.873. The molecular weight excluding hydrogens is 296 g/mol. The molecule has 1 aliphatic heterocycles. The Kier molecular flexibility index (Phi) is 4.31. The molecule has 2 heterocycles. The molecule has 0 amide bonds. The van der Waals surface area contributed by atoms with Crippen molar-refractivity contribution in [3.8, 4) is 0 Å². The lowest BCUT2D eigenvalue weighted by molar-refractivity contribution is 0.453. The first-order valence-electron chi connectivity index (χ1n) is 9.37. The SMILES string of the molecule is CCCN(c1ccc2c(c1)C(CC1CC1)NCC2)c1cnn(C)c1. The molecule has 1 aromatic carbocycles. The van der Waals surface area contributed by atoms with Gasteiger partial charge in [-0.15, -0.1) is 0 Å². The zero-order valence-electron chi connectivity index (χ0n) is 14.8. The third-order valence-electron chi connectivity index (χ3n) is 5.32. The van der Waals surface area contributed by atoms with Crippen molar-refractivity contribution in [3.05, 3.63) is 41.7 Å². The third-order valence-corrected chi connectivity index (χ3v) is 5.32. The maximum atomic E-state index is 4.36. The van der Waals surface area contributed by atoms with E-state index in [1.807, 2.05) is 17.9 Å². The molecule has 1 fully saturated rings. The zero-order valence-corrected chi connectivity index (χ0v) is 14.8. The second kappa shape index (κ2) is 6.60. The Balaban J connectivity index is 1.66. The van der Waals surface area contributed by atoms with Gasteiger partial charge >= 0.3 is 0 Å². The van der Waals surface area contributed by atoms with Crippen molar-refractivity contribution in [1.29, 1.82) is 0 Å². The van der Waals surface area contributed by atoms with E-state index in [9.17, 15) is 0 Å². The van der Waals surface area contributed by atoms with Gasteiger partial charge in [0.05, 0.1) is 11.9 Å². The lowest BCUT2D eigenvalue weighted by Crippen LogP contribution is -2.30. The Hall–Kier alpha value is -1.81. The van der Waals surface area contributed by atoms with Crippen LogP contribution >= 0.6 is 0 Å². The summed E-state index contributed by atoms with van der Waals surface area (Å²) in [5.41, 5.74) is 5.54. The molecule has 128 valence electrons. The third kappa shape index (κ3) is 3.20. The lowest BCUT2D eigenvalue weighted by Gasteiger charge is -2.30. The smallest absolute Gasteiger partial charge is 0.0796 e. The molecule has 0 radical (unpaired) electrons. The van der Waals surface area contributed by atoms with Crippen LogP contribution in [-0.2, 0) is 13.5 Å². The average Bonchev–Trinajstić information content (AvgIpc) is 3.31. The molecule has 2 aliphatic rings. The number of fused-ring (bicyclic) bond motifs is 1. The van der Waals surface area contributed by atoms with E-state index in [4.69, 9.17) is 0 Å². The topological polar surface area (TPSA) is 33.1 Å². The van der Waals surface area contributed by atoms with Crippen molar-refractivity contribution in [1.82, 2.24) is 15.1 Å². The monoisotopic (exact) mass is 324 g/mol. The molecule has 1 unspecified atom stereocenters.